The van der Waals surface area contributed by atoms with Gasteiger partial charge in [0.25, 0.3) is 0 Å². The fourth-order valence-electron chi connectivity index (χ4n) is 3.17. The van der Waals surface area contributed by atoms with Crippen molar-refractivity contribution >= 4 is 9.84 Å². The van der Waals surface area contributed by atoms with Crippen molar-refractivity contribution in [3.8, 4) is 0 Å². The van der Waals surface area contributed by atoms with Gasteiger partial charge in [0.2, 0.25) is 0 Å². The first-order chi connectivity index (χ1) is 10.0. The van der Waals surface area contributed by atoms with Crippen LogP contribution in [0.25, 0.3) is 0 Å². The third kappa shape index (κ3) is 3.85. The number of piperidine rings is 1. The van der Waals surface area contributed by atoms with Gasteiger partial charge in [0.05, 0.1) is 30.4 Å². The minimum atomic E-state index is -3.08. The zero-order valence-electron chi connectivity index (χ0n) is 11.9. The van der Waals surface area contributed by atoms with E-state index in [-0.39, 0.29) is 23.6 Å². The predicted molar refractivity (Wildman–Crippen MR) is 78.6 cm³/mol. The first kappa shape index (κ1) is 15.0. The maximum Gasteiger partial charge on any atom is 0.154 e. The number of furan rings is 1. The Bertz CT molecular complexity index is 550. The summed E-state index contributed by atoms with van der Waals surface area (Å²) >= 11 is 0. The number of likely N-dealkylation sites (tertiary alicyclic amines) is 1. The van der Waals surface area contributed by atoms with Gasteiger partial charge in [-0.2, -0.15) is 0 Å². The normalized spacial score (nSPS) is 30.7. The molecule has 0 aliphatic carbocycles. The summed E-state index contributed by atoms with van der Waals surface area (Å²) in [5.41, 5.74) is 0. The molecule has 118 valence electrons. The van der Waals surface area contributed by atoms with Gasteiger partial charge in [0.1, 0.15) is 5.76 Å². The number of hydrogen-bond donors (Lipinski definition) is 2. The van der Waals surface area contributed by atoms with Gasteiger partial charge < -0.3 is 14.8 Å². The van der Waals surface area contributed by atoms with Crippen molar-refractivity contribution in [1.29, 1.82) is 0 Å². The van der Waals surface area contributed by atoms with Crippen LogP contribution in [0.2, 0.25) is 0 Å². The van der Waals surface area contributed by atoms with E-state index in [1.807, 2.05) is 12.1 Å². The van der Waals surface area contributed by atoms with Crippen molar-refractivity contribution in [2.24, 2.45) is 0 Å². The molecule has 2 N–H and O–H groups in total. The SMILES string of the molecule is O=S1(=O)C[C@@H](O)[C@H](NC2CCN(Cc3ccco3)CC2)C1. The lowest BCUT2D eigenvalue weighted by Gasteiger charge is -2.33. The Hall–Kier alpha value is -0.890. The van der Waals surface area contributed by atoms with Gasteiger partial charge >= 0.3 is 0 Å². The summed E-state index contributed by atoms with van der Waals surface area (Å²) in [5.74, 6) is 0.918. The Kier molecular flexibility index (Phi) is 4.35. The molecule has 2 saturated heterocycles. The molecule has 21 heavy (non-hydrogen) atoms. The second-order valence-corrected chi connectivity index (χ2v) is 8.20. The molecule has 2 aliphatic heterocycles. The number of nitrogens with zero attached hydrogens (tertiary/aromatic N) is 1. The van der Waals surface area contributed by atoms with Crippen molar-refractivity contribution in [3.63, 3.8) is 0 Å². The van der Waals surface area contributed by atoms with E-state index in [9.17, 15) is 13.5 Å². The molecule has 0 aromatic carbocycles. The summed E-state index contributed by atoms with van der Waals surface area (Å²) in [6, 6.07) is 3.85. The number of aliphatic hydroxyl groups excluding tert-OH is 1. The first-order valence-electron chi connectivity index (χ1n) is 7.41. The van der Waals surface area contributed by atoms with E-state index in [0.29, 0.717) is 0 Å². The molecule has 7 heteroatoms. The van der Waals surface area contributed by atoms with Crippen molar-refractivity contribution in [1.82, 2.24) is 10.2 Å². The highest BCUT2D eigenvalue weighted by atomic mass is 32.2. The van der Waals surface area contributed by atoms with Crippen molar-refractivity contribution in [2.45, 2.75) is 37.6 Å². The molecule has 0 saturated carbocycles. The van der Waals surface area contributed by atoms with Gasteiger partial charge in [0.15, 0.2) is 9.84 Å². The average molecular weight is 314 g/mol. The molecular weight excluding hydrogens is 292 g/mol. The molecule has 1 aromatic heterocycles. The van der Waals surface area contributed by atoms with Crippen molar-refractivity contribution < 1.29 is 17.9 Å². The van der Waals surface area contributed by atoms with Gasteiger partial charge in [-0.15, -0.1) is 0 Å². The summed E-state index contributed by atoms with van der Waals surface area (Å²) in [4.78, 5) is 2.33. The van der Waals surface area contributed by atoms with E-state index in [1.54, 1.807) is 6.26 Å². The van der Waals surface area contributed by atoms with Gasteiger partial charge in [-0.3, -0.25) is 4.90 Å². The van der Waals surface area contributed by atoms with Crippen LogP contribution in [0.5, 0.6) is 0 Å². The summed E-state index contributed by atoms with van der Waals surface area (Å²) in [6.07, 6.45) is 2.84. The number of hydrogen-bond acceptors (Lipinski definition) is 6. The van der Waals surface area contributed by atoms with Crippen LogP contribution in [0.4, 0.5) is 0 Å². The molecule has 6 nitrogen and oxygen atoms in total. The fourth-order valence-corrected chi connectivity index (χ4v) is 4.93. The third-order valence-electron chi connectivity index (χ3n) is 4.32. The summed E-state index contributed by atoms with van der Waals surface area (Å²) in [6.45, 7) is 2.72. The van der Waals surface area contributed by atoms with Gasteiger partial charge in [0, 0.05) is 25.2 Å². The van der Waals surface area contributed by atoms with E-state index in [0.717, 1.165) is 38.2 Å². The van der Waals surface area contributed by atoms with E-state index in [4.69, 9.17) is 4.42 Å². The van der Waals surface area contributed by atoms with Gasteiger partial charge in [-0.1, -0.05) is 0 Å². The van der Waals surface area contributed by atoms with Crippen LogP contribution >= 0.6 is 0 Å². The Morgan fingerprint density at radius 3 is 2.67 bits per heavy atom. The fraction of sp³-hybridized carbons (Fsp3) is 0.714. The van der Waals surface area contributed by atoms with E-state index in [1.165, 1.54) is 0 Å². The molecule has 1 aromatic rings. The Labute approximate surface area is 125 Å². The largest absolute Gasteiger partial charge is 0.468 e. The van der Waals surface area contributed by atoms with E-state index in [2.05, 4.69) is 10.2 Å². The van der Waals surface area contributed by atoms with Gasteiger partial charge in [-0.25, -0.2) is 8.42 Å². The number of rotatable bonds is 4. The summed E-state index contributed by atoms with van der Waals surface area (Å²) in [7, 11) is -3.08. The average Bonchev–Trinajstić information content (AvgIpc) is 3.00. The highest BCUT2D eigenvalue weighted by molar-refractivity contribution is 7.91. The second-order valence-electron chi connectivity index (χ2n) is 6.05. The molecular formula is C14H22N2O4S. The van der Waals surface area contributed by atoms with Crippen LogP contribution in [0.1, 0.15) is 18.6 Å². The minimum absolute atomic E-state index is 0.0563. The first-order valence-corrected chi connectivity index (χ1v) is 9.23. The molecule has 2 aliphatic rings. The molecule has 3 heterocycles. The zero-order chi connectivity index (χ0) is 14.9. The topological polar surface area (TPSA) is 82.8 Å². The lowest BCUT2D eigenvalue weighted by atomic mass is 10.0. The van der Waals surface area contributed by atoms with Crippen LogP contribution in [0.15, 0.2) is 22.8 Å². The van der Waals surface area contributed by atoms with Crippen molar-refractivity contribution in [2.75, 3.05) is 24.6 Å². The Morgan fingerprint density at radius 2 is 2.10 bits per heavy atom. The lowest BCUT2D eigenvalue weighted by Crippen LogP contribution is -2.49. The van der Waals surface area contributed by atoms with Crippen LogP contribution in [0.3, 0.4) is 0 Å². The van der Waals surface area contributed by atoms with Crippen LogP contribution in [0, 0.1) is 0 Å². The van der Waals surface area contributed by atoms with Crippen molar-refractivity contribution in [3.05, 3.63) is 24.2 Å². The molecule has 0 spiro atoms. The lowest BCUT2D eigenvalue weighted by molar-refractivity contribution is 0.134. The quantitative estimate of drug-likeness (QED) is 0.813. The summed E-state index contributed by atoms with van der Waals surface area (Å²) < 4.78 is 28.4. The van der Waals surface area contributed by atoms with Crippen LogP contribution in [-0.4, -0.2) is 61.2 Å². The number of sulfone groups is 1. The third-order valence-corrected chi connectivity index (χ3v) is 6.04. The minimum Gasteiger partial charge on any atom is -0.468 e. The number of aliphatic hydroxyl groups is 1. The van der Waals surface area contributed by atoms with Gasteiger partial charge in [-0.05, 0) is 25.0 Å². The molecule has 0 radical (unpaired) electrons. The second kappa shape index (κ2) is 6.08. The predicted octanol–water partition coefficient (Wildman–Crippen LogP) is -0.00850. The molecule has 0 unspecified atom stereocenters. The zero-order valence-corrected chi connectivity index (χ0v) is 12.8. The maximum absolute atomic E-state index is 11.5. The molecule has 2 fully saturated rings. The van der Waals surface area contributed by atoms with Crippen LogP contribution < -0.4 is 5.32 Å². The highest BCUT2D eigenvalue weighted by Crippen LogP contribution is 2.18. The monoisotopic (exact) mass is 314 g/mol. The molecule has 2 atom stereocenters. The van der Waals surface area contributed by atoms with E-state index >= 15 is 0 Å². The Morgan fingerprint density at radius 1 is 1.33 bits per heavy atom. The van der Waals surface area contributed by atoms with E-state index < -0.39 is 15.9 Å². The maximum atomic E-state index is 11.5. The smallest absolute Gasteiger partial charge is 0.154 e. The number of nitrogens with one attached hydrogen (secondary N) is 1. The molecule has 3 rings (SSSR count). The molecule has 0 bridgehead atoms. The Balaban J connectivity index is 1.46. The van der Waals surface area contributed by atoms with Crippen LogP contribution in [-0.2, 0) is 16.4 Å². The summed E-state index contributed by atoms with van der Waals surface area (Å²) in [5, 5.41) is 13.1. The highest BCUT2D eigenvalue weighted by Gasteiger charge is 2.37. The standard InChI is InChI=1S/C14H22N2O4S/c17-14-10-21(18,19)9-13(14)15-11-3-5-16(6-4-11)8-12-2-1-7-20-12/h1-2,7,11,13-15,17H,3-6,8-10H2/t13-,14-/m1/s1. The molecule has 0 amide bonds.